The molecule has 0 atom stereocenters. The summed E-state index contributed by atoms with van der Waals surface area (Å²) in [4.78, 5) is 60.8. The van der Waals surface area contributed by atoms with E-state index in [1.165, 1.54) is 0 Å². The fraction of sp³-hybridized carbons (Fsp3) is 0. The van der Waals surface area contributed by atoms with Gasteiger partial charge in [-0.1, -0.05) is 0 Å². The van der Waals surface area contributed by atoms with Gasteiger partial charge in [0.2, 0.25) is 0 Å². The second kappa shape index (κ2) is 12.8. The van der Waals surface area contributed by atoms with Gasteiger partial charge in [-0.25, -0.2) is 25.3 Å². The fourth-order valence-electron chi connectivity index (χ4n) is 2.05. The van der Waals surface area contributed by atoms with E-state index in [4.69, 9.17) is 0 Å². The van der Waals surface area contributed by atoms with E-state index < -0.39 is 79.8 Å². The standard InChI is InChI=1S/3C6H4O5S.Fe/c3*7-4-1-2-5(8)6(3-4)12(9,10)11;/h3*1-3H,(H,9,10,11);/q;;;+3/p-3. The first-order chi connectivity index (χ1) is 16.2. The van der Waals surface area contributed by atoms with Crippen LogP contribution in [0.3, 0.4) is 0 Å². The summed E-state index contributed by atoms with van der Waals surface area (Å²) in [5.41, 5.74) is 0. The minimum atomic E-state index is -4.82. The topological polar surface area (TPSA) is 274 Å². The van der Waals surface area contributed by atoms with Gasteiger partial charge in [0.25, 0.3) is 0 Å². The van der Waals surface area contributed by atoms with Crippen LogP contribution < -0.4 is 0 Å². The number of carbonyl (C=O) groups excluding carboxylic acids is 6. The van der Waals surface area contributed by atoms with Gasteiger partial charge in [-0.05, 0) is 36.5 Å². The maximum absolute atomic E-state index is 10.7. The molecule has 1 radical (unpaired) electrons. The van der Waals surface area contributed by atoms with Crippen LogP contribution in [0.15, 0.2) is 69.4 Å². The second-order valence-corrected chi connectivity index (χ2v) is 10.2. The van der Waals surface area contributed by atoms with Crippen LogP contribution in [0.4, 0.5) is 0 Å². The summed E-state index contributed by atoms with van der Waals surface area (Å²) in [6.07, 6.45) is 6.53. The van der Waals surface area contributed by atoms with Crippen LogP contribution in [0.5, 0.6) is 0 Å². The minimum absolute atomic E-state index is 0. The number of allylic oxidation sites excluding steroid dienone is 12. The van der Waals surface area contributed by atoms with Gasteiger partial charge < -0.3 is 13.7 Å². The third-order valence-electron chi connectivity index (χ3n) is 3.55. The zero-order valence-electron chi connectivity index (χ0n) is 17.4. The van der Waals surface area contributed by atoms with Gasteiger partial charge in [0.05, 0.1) is 0 Å². The number of hydrogen-bond donors (Lipinski definition) is 0. The summed E-state index contributed by atoms with van der Waals surface area (Å²) in [7, 11) is -14.5. The van der Waals surface area contributed by atoms with Crippen molar-refractivity contribution >= 4 is 65.1 Å². The van der Waals surface area contributed by atoms with E-state index in [0.29, 0.717) is 18.2 Å². The zero-order valence-corrected chi connectivity index (χ0v) is 21.0. The molecule has 0 spiro atoms. The number of rotatable bonds is 3. The van der Waals surface area contributed by atoms with Crippen molar-refractivity contribution in [3.8, 4) is 0 Å². The first-order valence-electron chi connectivity index (χ1n) is 8.55. The van der Waals surface area contributed by atoms with Gasteiger partial charge in [0, 0.05) is 18.2 Å². The molecule has 3 aliphatic rings. The average Bonchev–Trinajstić information content (AvgIpc) is 2.72. The molecule has 0 bridgehead atoms. The van der Waals surface area contributed by atoms with Gasteiger partial charge in [-0.15, -0.1) is 0 Å². The van der Waals surface area contributed by atoms with Gasteiger partial charge in [0.15, 0.2) is 34.7 Å². The summed E-state index contributed by atoms with van der Waals surface area (Å²) in [5, 5.41) is 0. The summed E-state index contributed by atoms with van der Waals surface area (Å²) in [6, 6.07) is 0. The number of hydrogen-bond acceptors (Lipinski definition) is 15. The Morgan fingerprint density at radius 1 is 0.405 bits per heavy atom. The molecule has 3 rings (SSSR count). The predicted octanol–water partition coefficient (Wildman–Crippen LogP) is -2.63. The molecule has 0 amide bonds. The Kier molecular flexibility index (Phi) is 11.7. The van der Waals surface area contributed by atoms with Crippen molar-refractivity contribution in [2.75, 3.05) is 0 Å². The Labute approximate surface area is 218 Å². The normalized spacial score (nSPS) is 17.4. The van der Waals surface area contributed by atoms with Crippen LogP contribution in [0.25, 0.3) is 0 Å². The van der Waals surface area contributed by atoms with Gasteiger partial charge >= 0.3 is 17.1 Å². The predicted molar refractivity (Wildman–Crippen MR) is 111 cm³/mol. The second-order valence-electron chi connectivity index (χ2n) is 6.19. The van der Waals surface area contributed by atoms with Crippen molar-refractivity contribution in [2.24, 2.45) is 0 Å². The van der Waals surface area contributed by atoms with E-state index in [1.54, 1.807) is 0 Å². The van der Waals surface area contributed by atoms with Crippen molar-refractivity contribution < 1.29 is 84.7 Å². The van der Waals surface area contributed by atoms with Crippen LogP contribution in [0, 0.1) is 0 Å². The molecule has 0 aliphatic heterocycles. The van der Waals surface area contributed by atoms with Crippen LogP contribution in [-0.2, 0) is 76.2 Å². The fourth-order valence-corrected chi connectivity index (χ4v) is 3.78. The summed E-state index contributed by atoms with van der Waals surface area (Å²) < 4.78 is 92.8. The first-order valence-corrected chi connectivity index (χ1v) is 12.8. The van der Waals surface area contributed by atoms with Crippen LogP contribution in [0.1, 0.15) is 0 Å². The molecule has 0 aromatic rings. The molecule has 37 heavy (non-hydrogen) atoms. The molecule has 19 heteroatoms. The molecule has 197 valence electrons. The molecule has 0 heterocycles. The molecule has 0 aromatic heterocycles. The van der Waals surface area contributed by atoms with Crippen LogP contribution >= 0.6 is 0 Å². The van der Waals surface area contributed by atoms with Crippen LogP contribution in [0.2, 0.25) is 0 Å². The molecular formula is C18H9FeO15S3. The Balaban J connectivity index is 0.000000518. The van der Waals surface area contributed by atoms with Crippen molar-refractivity contribution in [1.29, 1.82) is 0 Å². The Morgan fingerprint density at radius 2 is 0.595 bits per heavy atom. The van der Waals surface area contributed by atoms with E-state index in [-0.39, 0.29) is 17.1 Å². The van der Waals surface area contributed by atoms with Crippen molar-refractivity contribution in [2.45, 2.75) is 0 Å². The average molecular weight is 617 g/mol. The third-order valence-corrected chi connectivity index (χ3v) is 6.13. The Bertz CT molecular complexity index is 1390. The summed E-state index contributed by atoms with van der Waals surface area (Å²) in [5.74, 6) is -4.89. The van der Waals surface area contributed by atoms with Crippen molar-refractivity contribution in [3.05, 3.63) is 69.4 Å². The molecule has 0 N–H and O–H groups in total. The smallest absolute Gasteiger partial charge is 0.744 e. The molecule has 0 fully saturated rings. The van der Waals surface area contributed by atoms with E-state index >= 15 is 0 Å². The summed E-state index contributed by atoms with van der Waals surface area (Å²) in [6.45, 7) is 0. The zero-order chi connectivity index (χ0) is 28.1. The van der Waals surface area contributed by atoms with E-state index in [1.807, 2.05) is 0 Å². The number of carbonyl (C=O) groups is 6. The van der Waals surface area contributed by atoms with E-state index in [2.05, 4.69) is 0 Å². The SMILES string of the molecule is O=C1C=CC(=O)C(S(=O)(=O)[O-])=C1.O=C1C=CC(=O)C(S(=O)(=O)[O-])=C1.O=C1C=CC(=O)C(S(=O)(=O)[O-])=C1.[Fe+3]. The molecule has 0 unspecified atom stereocenters. The van der Waals surface area contributed by atoms with Crippen molar-refractivity contribution in [3.63, 3.8) is 0 Å². The Morgan fingerprint density at radius 3 is 0.730 bits per heavy atom. The molecule has 0 aromatic carbocycles. The minimum Gasteiger partial charge on any atom is -0.744 e. The largest absolute Gasteiger partial charge is 3.00 e. The maximum atomic E-state index is 10.7. The maximum Gasteiger partial charge on any atom is 3.00 e. The van der Waals surface area contributed by atoms with Gasteiger partial charge in [-0.2, -0.15) is 0 Å². The molecule has 15 nitrogen and oxygen atoms in total. The molecule has 3 aliphatic carbocycles. The van der Waals surface area contributed by atoms with Crippen molar-refractivity contribution in [1.82, 2.24) is 0 Å². The summed E-state index contributed by atoms with van der Waals surface area (Å²) >= 11 is 0. The van der Waals surface area contributed by atoms with E-state index in [0.717, 1.165) is 36.5 Å². The molecule has 0 saturated heterocycles. The number of ketones is 6. The van der Waals surface area contributed by atoms with Gasteiger partial charge in [0.1, 0.15) is 45.1 Å². The van der Waals surface area contributed by atoms with E-state index in [9.17, 15) is 67.7 Å². The molecular weight excluding hydrogens is 608 g/mol. The third kappa shape index (κ3) is 10.7. The monoisotopic (exact) mass is 617 g/mol. The molecule has 0 saturated carbocycles. The quantitative estimate of drug-likeness (QED) is 0.178. The van der Waals surface area contributed by atoms with Gasteiger partial charge in [-0.3, -0.25) is 28.8 Å². The van der Waals surface area contributed by atoms with Crippen LogP contribution in [-0.4, -0.2) is 73.6 Å². The first kappa shape index (κ1) is 33.7. The Hall–Kier alpha value is -3.29.